The molecule has 0 amide bonds. The quantitative estimate of drug-likeness (QED) is 0.588. The summed E-state index contributed by atoms with van der Waals surface area (Å²) in [4.78, 5) is 22.6. The molecule has 0 spiro atoms. The second-order valence-electron chi connectivity index (χ2n) is 6.78. The Morgan fingerprint density at radius 2 is 2.07 bits per heavy atom. The van der Waals surface area contributed by atoms with Crippen molar-refractivity contribution in [2.75, 3.05) is 5.32 Å². The molecule has 1 aromatic carbocycles. The van der Waals surface area contributed by atoms with Crippen molar-refractivity contribution in [3.8, 4) is 5.75 Å². The molecule has 150 valence electrons. The van der Waals surface area contributed by atoms with Gasteiger partial charge in [0.25, 0.3) is 0 Å². The first-order valence-electron chi connectivity index (χ1n) is 9.06. The number of anilines is 1. The van der Waals surface area contributed by atoms with Crippen LogP contribution in [0.25, 0.3) is 0 Å². The topological polar surface area (TPSA) is 114 Å². The molecule has 0 bridgehead atoms. The van der Waals surface area contributed by atoms with Crippen molar-refractivity contribution in [3.05, 3.63) is 23.8 Å². The van der Waals surface area contributed by atoms with E-state index < -0.39 is 24.5 Å². The van der Waals surface area contributed by atoms with Crippen LogP contribution < -0.4 is 10.1 Å². The van der Waals surface area contributed by atoms with Gasteiger partial charge in [0, 0.05) is 25.3 Å². The number of ether oxygens (including phenoxy) is 3. The van der Waals surface area contributed by atoms with Crippen LogP contribution in [0.15, 0.2) is 18.2 Å². The fourth-order valence-corrected chi connectivity index (χ4v) is 2.69. The zero-order valence-corrected chi connectivity index (χ0v) is 15.8. The molecule has 1 saturated heterocycles. The van der Waals surface area contributed by atoms with Crippen molar-refractivity contribution in [1.82, 2.24) is 0 Å². The maximum Gasteiger partial charge on any atom is 0.333 e. The van der Waals surface area contributed by atoms with Crippen LogP contribution in [0.3, 0.4) is 0 Å². The summed E-state index contributed by atoms with van der Waals surface area (Å²) in [6.45, 7) is 5.78. The van der Waals surface area contributed by atoms with Crippen LogP contribution in [0, 0.1) is 0 Å². The summed E-state index contributed by atoms with van der Waals surface area (Å²) in [6, 6.07) is 5.48. The first kappa shape index (κ1) is 21.0. The number of carbonyl (C=O) groups is 2. The van der Waals surface area contributed by atoms with Gasteiger partial charge >= 0.3 is 11.9 Å². The summed E-state index contributed by atoms with van der Waals surface area (Å²) in [7, 11) is 0. The summed E-state index contributed by atoms with van der Waals surface area (Å²) in [5.41, 5.74) is 1.43. The van der Waals surface area contributed by atoms with Crippen molar-refractivity contribution >= 4 is 17.6 Å². The van der Waals surface area contributed by atoms with Crippen LogP contribution in [-0.4, -0.2) is 46.7 Å². The van der Waals surface area contributed by atoms with Crippen molar-refractivity contribution in [2.24, 2.45) is 0 Å². The Morgan fingerprint density at radius 3 is 2.70 bits per heavy atom. The van der Waals surface area contributed by atoms with Gasteiger partial charge in [-0.2, -0.15) is 0 Å². The number of benzene rings is 1. The van der Waals surface area contributed by atoms with E-state index in [0.29, 0.717) is 17.9 Å². The molecule has 3 unspecified atom stereocenters. The molecule has 2 rings (SSSR count). The van der Waals surface area contributed by atoms with Crippen LogP contribution in [0.1, 0.15) is 45.6 Å². The molecule has 1 heterocycles. The zero-order chi connectivity index (χ0) is 20.0. The van der Waals surface area contributed by atoms with Crippen molar-refractivity contribution in [1.29, 1.82) is 0 Å². The second-order valence-corrected chi connectivity index (χ2v) is 6.78. The average molecular weight is 381 g/mol. The third-order valence-corrected chi connectivity index (χ3v) is 3.98. The first-order valence-corrected chi connectivity index (χ1v) is 9.06. The Kier molecular flexibility index (Phi) is 7.44. The van der Waals surface area contributed by atoms with E-state index in [0.717, 1.165) is 5.56 Å². The normalized spacial score (nSPS) is 22.3. The Hall–Kier alpha value is -2.32. The molecule has 0 radical (unpaired) electrons. The number of carbonyl (C=O) groups excluding carboxylic acids is 1. The predicted octanol–water partition coefficient (Wildman–Crippen LogP) is 2.29. The molecular formula is C19H27NO7. The molecule has 1 aromatic rings. The number of carboxylic acid groups (broad SMARTS) is 1. The monoisotopic (exact) mass is 381 g/mol. The van der Waals surface area contributed by atoms with Gasteiger partial charge in [0.1, 0.15) is 12.4 Å². The lowest BCUT2D eigenvalue weighted by atomic mass is 10.1. The summed E-state index contributed by atoms with van der Waals surface area (Å²) in [6.07, 6.45) is -2.34. The van der Waals surface area contributed by atoms with Crippen LogP contribution >= 0.6 is 0 Å². The van der Waals surface area contributed by atoms with E-state index in [1.807, 2.05) is 19.9 Å². The molecule has 0 saturated carbocycles. The van der Waals surface area contributed by atoms with Crippen LogP contribution in [0.2, 0.25) is 0 Å². The Morgan fingerprint density at radius 1 is 1.33 bits per heavy atom. The standard InChI is InChI=1S/C19H27NO7/c1-4-17(22)25-10-12-5-6-14(20-11(2)3)15(7-12)26-18-9-13(21)8-16(27-18)19(23)24/h5-7,11,13,16,18,20-21H,4,8-10H2,1-3H3,(H,23,24). The predicted molar refractivity (Wildman–Crippen MR) is 97.5 cm³/mol. The van der Waals surface area contributed by atoms with Crippen molar-refractivity contribution < 1.29 is 34.0 Å². The second kappa shape index (κ2) is 9.57. The van der Waals surface area contributed by atoms with E-state index in [2.05, 4.69) is 5.32 Å². The molecule has 1 aliphatic rings. The summed E-state index contributed by atoms with van der Waals surface area (Å²) in [5.74, 6) is -0.995. The van der Waals surface area contributed by atoms with Crippen molar-refractivity contribution in [2.45, 2.75) is 71.2 Å². The molecule has 3 atom stereocenters. The largest absolute Gasteiger partial charge is 0.479 e. The third-order valence-electron chi connectivity index (χ3n) is 3.98. The maximum absolute atomic E-state index is 11.4. The fraction of sp³-hybridized carbons (Fsp3) is 0.579. The van der Waals surface area contributed by atoms with Gasteiger partial charge in [0.2, 0.25) is 6.29 Å². The highest BCUT2D eigenvalue weighted by Gasteiger charge is 2.34. The molecule has 8 nitrogen and oxygen atoms in total. The van der Waals surface area contributed by atoms with Crippen LogP contribution in [0.4, 0.5) is 5.69 Å². The number of esters is 1. The van der Waals surface area contributed by atoms with Gasteiger partial charge < -0.3 is 29.7 Å². The highest BCUT2D eigenvalue weighted by atomic mass is 16.7. The Labute approximate surface area is 158 Å². The fourth-order valence-electron chi connectivity index (χ4n) is 2.69. The number of aliphatic hydroxyl groups excluding tert-OH is 1. The lowest BCUT2D eigenvalue weighted by molar-refractivity contribution is -0.195. The smallest absolute Gasteiger partial charge is 0.333 e. The minimum absolute atomic E-state index is 0.0271. The molecule has 27 heavy (non-hydrogen) atoms. The maximum atomic E-state index is 11.4. The van der Waals surface area contributed by atoms with Gasteiger partial charge in [-0.1, -0.05) is 13.0 Å². The molecule has 1 fully saturated rings. The van der Waals surface area contributed by atoms with Gasteiger partial charge in [0.05, 0.1) is 11.8 Å². The van der Waals surface area contributed by atoms with Gasteiger partial charge in [0.15, 0.2) is 6.10 Å². The van der Waals surface area contributed by atoms with E-state index in [1.54, 1.807) is 19.1 Å². The number of hydrogen-bond donors (Lipinski definition) is 3. The van der Waals surface area contributed by atoms with Gasteiger partial charge in [-0.05, 0) is 31.5 Å². The SMILES string of the molecule is CCC(=O)OCc1ccc(NC(C)C)c(OC2CC(O)CC(C(=O)O)O2)c1. The van der Waals surface area contributed by atoms with E-state index in [-0.39, 0.29) is 31.5 Å². The molecule has 0 aromatic heterocycles. The van der Waals surface area contributed by atoms with Crippen LogP contribution in [0.5, 0.6) is 5.75 Å². The number of aliphatic hydroxyl groups is 1. The average Bonchev–Trinajstić information content (AvgIpc) is 2.60. The number of carboxylic acids is 1. The number of aliphatic carboxylic acids is 1. The Balaban J connectivity index is 2.17. The van der Waals surface area contributed by atoms with E-state index in [9.17, 15) is 14.7 Å². The highest BCUT2D eigenvalue weighted by Crippen LogP contribution is 2.31. The molecule has 1 aliphatic heterocycles. The highest BCUT2D eigenvalue weighted by molar-refractivity contribution is 5.72. The number of rotatable bonds is 8. The van der Waals surface area contributed by atoms with E-state index in [4.69, 9.17) is 19.3 Å². The van der Waals surface area contributed by atoms with Gasteiger partial charge in [-0.3, -0.25) is 4.79 Å². The van der Waals surface area contributed by atoms with E-state index >= 15 is 0 Å². The molecule has 3 N–H and O–H groups in total. The lowest BCUT2D eigenvalue weighted by Crippen LogP contribution is -2.42. The van der Waals surface area contributed by atoms with E-state index in [1.165, 1.54) is 0 Å². The minimum Gasteiger partial charge on any atom is -0.479 e. The minimum atomic E-state index is -1.14. The zero-order valence-electron chi connectivity index (χ0n) is 15.8. The lowest BCUT2D eigenvalue weighted by Gasteiger charge is -2.31. The third kappa shape index (κ3) is 6.41. The van der Waals surface area contributed by atoms with Crippen molar-refractivity contribution in [3.63, 3.8) is 0 Å². The number of hydrogen-bond acceptors (Lipinski definition) is 7. The molecule has 8 heteroatoms. The molecular weight excluding hydrogens is 354 g/mol. The summed E-state index contributed by atoms with van der Waals surface area (Å²) in [5, 5.41) is 22.3. The summed E-state index contributed by atoms with van der Waals surface area (Å²) >= 11 is 0. The van der Waals surface area contributed by atoms with Crippen LogP contribution in [-0.2, 0) is 25.7 Å². The Bertz CT molecular complexity index is 661. The first-order chi connectivity index (χ1) is 12.8. The summed E-state index contributed by atoms with van der Waals surface area (Å²) < 4.78 is 16.5. The molecule has 0 aliphatic carbocycles. The number of nitrogens with one attached hydrogen (secondary N) is 1. The van der Waals surface area contributed by atoms with Gasteiger partial charge in [-0.25, -0.2) is 4.79 Å². The van der Waals surface area contributed by atoms with Gasteiger partial charge in [-0.15, -0.1) is 0 Å².